The summed E-state index contributed by atoms with van der Waals surface area (Å²) in [5.41, 5.74) is 1.53. The molecule has 0 radical (unpaired) electrons. The molecule has 0 atom stereocenters. The zero-order valence-corrected chi connectivity index (χ0v) is 14.8. The fraction of sp³-hybridized carbons (Fsp3) is 0.0588. The Morgan fingerprint density at radius 3 is 2.29 bits per heavy atom. The van der Waals surface area contributed by atoms with Crippen molar-refractivity contribution in [1.29, 1.82) is 5.26 Å². The first-order valence-electron chi connectivity index (χ1n) is 6.81. The van der Waals surface area contributed by atoms with Gasteiger partial charge in [0.2, 0.25) is 0 Å². The van der Waals surface area contributed by atoms with Gasteiger partial charge in [-0.05, 0) is 36.8 Å². The Balaban J connectivity index is 2.20. The van der Waals surface area contributed by atoms with Crippen LogP contribution in [-0.2, 0) is 4.79 Å². The van der Waals surface area contributed by atoms with Gasteiger partial charge >= 0.3 is 0 Å². The molecular formula is C17H12Cl3N3O. The van der Waals surface area contributed by atoms with Crippen molar-refractivity contribution in [3.63, 3.8) is 0 Å². The van der Waals surface area contributed by atoms with Crippen molar-refractivity contribution in [3.05, 3.63) is 68.8 Å². The number of nitrogens with one attached hydrogen (secondary N) is 2. The Hall–Kier alpha value is -2.19. The number of nitriles is 1. The predicted octanol–water partition coefficient (Wildman–Crippen LogP) is 5.41. The maximum Gasteiger partial charge on any atom is 0.267 e. The summed E-state index contributed by atoms with van der Waals surface area (Å²) in [6, 6.07) is 11.9. The molecule has 2 rings (SSSR count). The molecule has 0 aliphatic rings. The van der Waals surface area contributed by atoms with Crippen LogP contribution >= 0.6 is 34.8 Å². The molecule has 0 aromatic heterocycles. The number of carbonyl (C=O) groups excluding carboxylic acids is 1. The standard InChI is InChI=1S/C17H12Cl3N3O/c1-10-12(18)4-3-7-15(10)23-17(24)11(8-21)9-22-16-13(19)5-2-6-14(16)20/h2-7,9,22H,1H3,(H,23,24)/b11-9-. The van der Waals surface area contributed by atoms with Gasteiger partial charge in [0.15, 0.2) is 0 Å². The quantitative estimate of drug-likeness (QED) is 0.550. The molecule has 2 aromatic rings. The van der Waals surface area contributed by atoms with Crippen molar-refractivity contribution in [2.75, 3.05) is 10.6 Å². The lowest BCUT2D eigenvalue weighted by atomic mass is 10.2. The number of hydrogen-bond acceptors (Lipinski definition) is 3. The highest BCUT2D eigenvalue weighted by atomic mass is 35.5. The summed E-state index contributed by atoms with van der Waals surface area (Å²) in [4.78, 5) is 12.2. The first-order valence-corrected chi connectivity index (χ1v) is 7.94. The maximum absolute atomic E-state index is 12.2. The SMILES string of the molecule is Cc1c(Cl)cccc1NC(=O)/C(C#N)=C\Nc1c(Cl)cccc1Cl. The van der Waals surface area contributed by atoms with E-state index in [2.05, 4.69) is 10.6 Å². The lowest BCUT2D eigenvalue weighted by Gasteiger charge is -2.10. The number of amides is 1. The highest BCUT2D eigenvalue weighted by Crippen LogP contribution is 2.30. The Morgan fingerprint density at radius 2 is 1.67 bits per heavy atom. The van der Waals surface area contributed by atoms with E-state index in [0.29, 0.717) is 32.0 Å². The molecule has 2 aromatic carbocycles. The van der Waals surface area contributed by atoms with Crippen LogP contribution in [0.3, 0.4) is 0 Å². The number of benzene rings is 2. The van der Waals surface area contributed by atoms with Gasteiger partial charge in [-0.15, -0.1) is 0 Å². The highest BCUT2D eigenvalue weighted by Gasteiger charge is 2.12. The minimum Gasteiger partial charge on any atom is -0.358 e. The summed E-state index contributed by atoms with van der Waals surface area (Å²) < 4.78 is 0. The second-order valence-electron chi connectivity index (χ2n) is 4.78. The van der Waals surface area contributed by atoms with Gasteiger partial charge in [0, 0.05) is 16.9 Å². The van der Waals surface area contributed by atoms with E-state index in [0.717, 1.165) is 0 Å². The van der Waals surface area contributed by atoms with Crippen LogP contribution in [0, 0.1) is 18.3 Å². The van der Waals surface area contributed by atoms with Crippen LogP contribution in [0.5, 0.6) is 0 Å². The van der Waals surface area contributed by atoms with Crippen LogP contribution in [0.2, 0.25) is 15.1 Å². The van der Waals surface area contributed by atoms with Crippen LogP contribution in [0.1, 0.15) is 5.56 Å². The molecule has 7 heteroatoms. The molecule has 1 amide bonds. The Labute approximate surface area is 154 Å². The largest absolute Gasteiger partial charge is 0.358 e. The zero-order valence-electron chi connectivity index (χ0n) is 12.5. The summed E-state index contributed by atoms with van der Waals surface area (Å²) >= 11 is 18.1. The highest BCUT2D eigenvalue weighted by molar-refractivity contribution is 6.39. The lowest BCUT2D eigenvalue weighted by Crippen LogP contribution is -2.15. The molecule has 0 heterocycles. The Kier molecular flexibility index (Phi) is 6.10. The Bertz CT molecular complexity index is 836. The molecule has 24 heavy (non-hydrogen) atoms. The van der Waals surface area contributed by atoms with Crippen molar-refractivity contribution in [2.45, 2.75) is 6.92 Å². The van der Waals surface area contributed by atoms with Gasteiger partial charge in [-0.25, -0.2) is 0 Å². The second-order valence-corrected chi connectivity index (χ2v) is 6.00. The summed E-state index contributed by atoms with van der Waals surface area (Å²) in [5.74, 6) is -0.571. The van der Waals surface area contributed by atoms with Crippen LogP contribution in [-0.4, -0.2) is 5.91 Å². The van der Waals surface area contributed by atoms with Gasteiger partial charge in [-0.1, -0.05) is 46.9 Å². The first-order chi connectivity index (χ1) is 11.4. The molecule has 0 bridgehead atoms. The fourth-order valence-electron chi connectivity index (χ4n) is 1.86. The number of anilines is 2. The van der Waals surface area contributed by atoms with E-state index < -0.39 is 5.91 Å². The van der Waals surface area contributed by atoms with Crippen molar-refractivity contribution < 1.29 is 4.79 Å². The molecule has 0 aliphatic heterocycles. The number of nitrogens with zero attached hydrogens (tertiary/aromatic N) is 1. The number of para-hydroxylation sites is 1. The minimum absolute atomic E-state index is 0.134. The minimum atomic E-state index is -0.571. The van der Waals surface area contributed by atoms with Crippen molar-refractivity contribution in [1.82, 2.24) is 0 Å². The molecule has 0 fully saturated rings. The Morgan fingerprint density at radius 1 is 1.08 bits per heavy atom. The fourth-order valence-corrected chi connectivity index (χ4v) is 2.54. The molecule has 0 spiro atoms. The zero-order chi connectivity index (χ0) is 17.7. The normalized spacial score (nSPS) is 10.9. The van der Waals surface area contributed by atoms with Gasteiger partial charge in [0.05, 0.1) is 15.7 Å². The van der Waals surface area contributed by atoms with Crippen LogP contribution < -0.4 is 10.6 Å². The van der Waals surface area contributed by atoms with E-state index in [1.54, 1.807) is 43.3 Å². The van der Waals surface area contributed by atoms with Crippen molar-refractivity contribution >= 4 is 52.1 Å². The molecule has 4 nitrogen and oxygen atoms in total. The van der Waals surface area contributed by atoms with Gasteiger partial charge in [0.1, 0.15) is 11.6 Å². The van der Waals surface area contributed by atoms with Crippen LogP contribution in [0.25, 0.3) is 0 Å². The average Bonchev–Trinajstić information content (AvgIpc) is 2.54. The second kappa shape index (κ2) is 8.07. The smallest absolute Gasteiger partial charge is 0.267 e. The maximum atomic E-state index is 12.2. The third-order valence-electron chi connectivity index (χ3n) is 3.20. The van der Waals surface area contributed by atoms with E-state index in [-0.39, 0.29) is 5.57 Å². The van der Waals surface area contributed by atoms with E-state index in [1.807, 2.05) is 6.07 Å². The number of carbonyl (C=O) groups is 1. The summed E-state index contributed by atoms with van der Waals surface area (Å²) in [7, 11) is 0. The molecular weight excluding hydrogens is 369 g/mol. The molecule has 0 unspecified atom stereocenters. The van der Waals surface area contributed by atoms with Gasteiger partial charge < -0.3 is 10.6 Å². The average molecular weight is 381 g/mol. The lowest BCUT2D eigenvalue weighted by molar-refractivity contribution is -0.112. The number of hydrogen-bond donors (Lipinski definition) is 2. The first kappa shape index (κ1) is 18.2. The van der Waals surface area contributed by atoms with Crippen molar-refractivity contribution in [3.8, 4) is 6.07 Å². The van der Waals surface area contributed by atoms with E-state index in [1.165, 1.54) is 6.20 Å². The van der Waals surface area contributed by atoms with Gasteiger partial charge in [-0.2, -0.15) is 5.26 Å². The van der Waals surface area contributed by atoms with Crippen molar-refractivity contribution in [2.24, 2.45) is 0 Å². The molecule has 2 N–H and O–H groups in total. The van der Waals surface area contributed by atoms with Gasteiger partial charge in [-0.3, -0.25) is 4.79 Å². The molecule has 0 aliphatic carbocycles. The summed E-state index contributed by atoms with van der Waals surface area (Å²) in [6.07, 6.45) is 1.25. The number of halogens is 3. The van der Waals surface area contributed by atoms with Crippen LogP contribution in [0.4, 0.5) is 11.4 Å². The van der Waals surface area contributed by atoms with E-state index in [4.69, 9.17) is 34.8 Å². The van der Waals surface area contributed by atoms with Gasteiger partial charge in [0.25, 0.3) is 5.91 Å². The van der Waals surface area contributed by atoms with E-state index >= 15 is 0 Å². The topological polar surface area (TPSA) is 64.9 Å². The monoisotopic (exact) mass is 379 g/mol. The third-order valence-corrected chi connectivity index (χ3v) is 4.24. The summed E-state index contributed by atoms with van der Waals surface area (Å²) in [6.45, 7) is 1.77. The molecule has 0 saturated carbocycles. The number of rotatable bonds is 4. The van der Waals surface area contributed by atoms with Crippen LogP contribution in [0.15, 0.2) is 48.2 Å². The molecule has 122 valence electrons. The predicted molar refractivity (Wildman–Crippen MR) is 98.6 cm³/mol. The summed E-state index contributed by atoms with van der Waals surface area (Å²) in [5, 5.41) is 15.9. The third kappa shape index (κ3) is 4.21. The molecule has 0 saturated heterocycles. The van der Waals surface area contributed by atoms with E-state index in [9.17, 15) is 10.1 Å².